The molecule has 0 saturated heterocycles. The zero-order valence-electron chi connectivity index (χ0n) is 18.5. The van der Waals surface area contributed by atoms with Crippen molar-refractivity contribution in [2.75, 3.05) is 6.61 Å². The summed E-state index contributed by atoms with van der Waals surface area (Å²) in [4.78, 5) is 42.5. The van der Waals surface area contributed by atoms with Gasteiger partial charge in [0, 0.05) is 11.9 Å². The molecule has 2 heterocycles. The number of hydrogen-bond donors (Lipinski definition) is 0. The number of esters is 1. The molecule has 8 heteroatoms. The topological polar surface area (TPSA) is 90.9 Å². The molecular formula is C26H20N2O5S. The first-order valence-electron chi connectivity index (χ1n) is 10.8. The lowest BCUT2D eigenvalue weighted by atomic mass is 10.0. The summed E-state index contributed by atoms with van der Waals surface area (Å²) in [5.41, 5.74) is 0.820. The molecule has 3 aromatic carbocycles. The maximum absolute atomic E-state index is 13.1. The van der Waals surface area contributed by atoms with Crippen molar-refractivity contribution in [3.8, 4) is 0 Å². The van der Waals surface area contributed by atoms with Crippen LogP contribution in [-0.4, -0.2) is 23.1 Å². The summed E-state index contributed by atoms with van der Waals surface area (Å²) in [5, 5.41) is 2.54. The van der Waals surface area contributed by atoms with Crippen LogP contribution in [0.5, 0.6) is 0 Å². The normalized spacial score (nSPS) is 12.0. The third kappa shape index (κ3) is 3.72. The van der Waals surface area contributed by atoms with Crippen LogP contribution in [0, 0.1) is 0 Å². The monoisotopic (exact) mass is 472 g/mol. The maximum Gasteiger partial charge on any atom is 0.349 e. The zero-order valence-corrected chi connectivity index (χ0v) is 19.3. The SMILES string of the molecule is CCOC(=O)c1ccc2c(c1)sc(=NC(=O)c1cc3c(ccc4ccccc43)oc1=O)n2CC. The van der Waals surface area contributed by atoms with Gasteiger partial charge in [-0.15, -0.1) is 0 Å². The van der Waals surface area contributed by atoms with Crippen LogP contribution in [0.25, 0.3) is 32.0 Å². The van der Waals surface area contributed by atoms with E-state index in [4.69, 9.17) is 9.15 Å². The van der Waals surface area contributed by atoms with Gasteiger partial charge in [-0.1, -0.05) is 41.7 Å². The predicted octanol–water partition coefficient (Wildman–Crippen LogP) is 4.90. The second-order valence-electron chi connectivity index (χ2n) is 7.59. The van der Waals surface area contributed by atoms with Crippen LogP contribution in [0.1, 0.15) is 34.6 Å². The van der Waals surface area contributed by atoms with Crippen LogP contribution in [0.3, 0.4) is 0 Å². The second kappa shape index (κ2) is 8.72. The van der Waals surface area contributed by atoms with Crippen molar-refractivity contribution >= 4 is 55.2 Å². The van der Waals surface area contributed by atoms with E-state index in [0.29, 0.717) is 27.9 Å². The van der Waals surface area contributed by atoms with Crippen molar-refractivity contribution in [1.29, 1.82) is 0 Å². The Balaban J connectivity index is 1.64. The zero-order chi connectivity index (χ0) is 23.8. The predicted molar refractivity (Wildman–Crippen MR) is 131 cm³/mol. The van der Waals surface area contributed by atoms with Gasteiger partial charge in [-0.3, -0.25) is 4.79 Å². The number of carbonyl (C=O) groups excluding carboxylic acids is 2. The minimum absolute atomic E-state index is 0.129. The summed E-state index contributed by atoms with van der Waals surface area (Å²) in [6.07, 6.45) is 0. The lowest BCUT2D eigenvalue weighted by Crippen LogP contribution is -2.19. The molecule has 0 fully saturated rings. The largest absolute Gasteiger partial charge is 0.462 e. The average molecular weight is 473 g/mol. The summed E-state index contributed by atoms with van der Waals surface area (Å²) >= 11 is 1.27. The van der Waals surface area contributed by atoms with Gasteiger partial charge in [-0.2, -0.15) is 4.99 Å². The average Bonchev–Trinajstić information content (AvgIpc) is 3.19. The minimum Gasteiger partial charge on any atom is -0.462 e. The summed E-state index contributed by atoms with van der Waals surface area (Å²) in [6.45, 7) is 4.53. The van der Waals surface area contributed by atoms with E-state index < -0.39 is 17.5 Å². The second-order valence-corrected chi connectivity index (χ2v) is 8.60. The van der Waals surface area contributed by atoms with Crippen molar-refractivity contribution < 1.29 is 18.7 Å². The molecule has 34 heavy (non-hydrogen) atoms. The molecule has 2 aromatic heterocycles. The molecule has 7 nitrogen and oxygen atoms in total. The fourth-order valence-corrected chi connectivity index (χ4v) is 5.10. The number of nitrogens with zero attached hydrogens (tertiary/aromatic N) is 2. The maximum atomic E-state index is 13.1. The van der Waals surface area contributed by atoms with Crippen molar-refractivity contribution in [2.24, 2.45) is 4.99 Å². The molecule has 5 rings (SSSR count). The molecule has 0 bridgehead atoms. The minimum atomic E-state index is -0.731. The van der Waals surface area contributed by atoms with E-state index in [1.165, 1.54) is 11.3 Å². The van der Waals surface area contributed by atoms with Gasteiger partial charge in [-0.05, 0) is 55.0 Å². The van der Waals surface area contributed by atoms with Crippen molar-refractivity contribution in [1.82, 2.24) is 4.57 Å². The Morgan fingerprint density at radius 2 is 1.85 bits per heavy atom. The van der Waals surface area contributed by atoms with Gasteiger partial charge in [0.05, 0.1) is 22.4 Å². The summed E-state index contributed by atoms with van der Waals surface area (Å²) in [6, 6.07) is 18.1. The first-order chi connectivity index (χ1) is 16.5. The Kier molecular flexibility index (Phi) is 5.59. The highest BCUT2D eigenvalue weighted by atomic mass is 32.1. The van der Waals surface area contributed by atoms with Crippen LogP contribution in [0.2, 0.25) is 0 Å². The standard InChI is InChI=1S/C26H20N2O5S/c1-3-28-20-11-9-16(24(30)32-4-2)13-22(20)34-26(28)27-23(29)19-14-18-17-8-6-5-7-15(17)10-12-21(18)33-25(19)31/h5-14H,3-4H2,1-2H3. The highest BCUT2D eigenvalue weighted by Gasteiger charge is 2.16. The Labute approximate surface area is 197 Å². The van der Waals surface area contributed by atoms with Crippen LogP contribution >= 0.6 is 11.3 Å². The molecule has 0 spiro atoms. The highest BCUT2D eigenvalue weighted by molar-refractivity contribution is 7.16. The van der Waals surface area contributed by atoms with Crippen molar-refractivity contribution in [3.05, 3.63) is 87.0 Å². The fourth-order valence-electron chi connectivity index (χ4n) is 3.97. The van der Waals surface area contributed by atoms with E-state index in [1.807, 2.05) is 47.9 Å². The van der Waals surface area contributed by atoms with Crippen LogP contribution in [0.15, 0.2) is 74.9 Å². The lowest BCUT2D eigenvalue weighted by molar-refractivity contribution is 0.0526. The van der Waals surface area contributed by atoms with Gasteiger partial charge >= 0.3 is 11.6 Å². The number of aromatic nitrogens is 1. The fraction of sp³-hybridized carbons (Fsp3) is 0.154. The number of ether oxygens (including phenoxy) is 1. The van der Waals surface area contributed by atoms with Crippen molar-refractivity contribution in [3.63, 3.8) is 0 Å². The Morgan fingerprint density at radius 1 is 1.03 bits per heavy atom. The summed E-state index contributed by atoms with van der Waals surface area (Å²) in [7, 11) is 0. The number of rotatable bonds is 4. The van der Waals surface area contributed by atoms with Crippen LogP contribution < -0.4 is 10.4 Å². The molecule has 0 radical (unpaired) electrons. The molecule has 170 valence electrons. The lowest BCUT2D eigenvalue weighted by Gasteiger charge is -2.04. The van der Waals surface area contributed by atoms with Crippen molar-refractivity contribution in [2.45, 2.75) is 20.4 Å². The molecule has 0 unspecified atom stereocenters. The van der Waals surface area contributed by atoms with Gasteiger partial charge in [0.1, 0.15) is 11.1 Å². The molecule has 0 aliphatic carbocycles. The van der Waals surface area contributed by atoms with Crippen LogP contribution in [-0.2, 0) is 11.3 Å². The Bertz CT molecular complexity index is 1720. The number of benzene rings is 3. The molecule has 0 atom stereocenters. The van der Waals surface area contributed by atoms with E-state index in [0.717, 1.165) is 21.0 Å². The smallest absolute Gasteiger partial charge is 0.349 e. The third-order valence-corrected chi connectivity index (χ3v) is 6.62. The van der Waals surface area contributed by atoms with Gasteiger partial charge in [0.15, 0.2) is 4.80 Å². The van der Waals surface area contributed by atoms with Gasteiger partial charge in [0.2, 0.25) is 0 Å². The summed E-state index contributed by atoms with van der Waals surface area (Å²) < 4.78 is 13.2. The van der Waals surface area contributed by atoms with E-state index in [-0.39, 0.29) is 12.2 Å². The molecule has 0 aliphatic heterocycles. The molecule has 1 amide bonds. The number of aryl methyl sites for hydroxylation is 1. The number of carbonyl (C=O) groups is 2. The third-order valence-electron chi connectivity index (χ3n) is 5.58. The molecule has 5 aromatic rings. The first-order valence-corrected chi connectivity index (χ1v) is 11.7. The highest BCUT2D eigenvalue weighted by Crippen LogP contribution is 2.25. The Morgan fingerprint density at radius 3 is 2.65 bits per heavy atom. The van der Waals surface area contributed by atoms with Gasteiger partial charge < -0.3 is 13.7 Å². The number of hydrogen-bond acceptors (Lipinski definition) is 6. The van der Waals surface area contributed by atoms with E-state index >= 15 is 0 Å². The molecular weight excluding hydrogens is 452 g/mol. The van der Waals surface area contributed by atoms with Crippen LogP contribution in [0.4, 0.5) is 0 Å². The molecule has 0 aliphatic rings. The number of fused-ring (bicyclic) bond motifs is 4. The van der Waals surface area contributed by atoms with Gasteiger partial charge in [-0.25, -0.2) is 9.59 Å². The van der Waals surface area contributed by atoms with E-state index in [9.17, 15) is 14.4 Å². The van der Waals surface area contributed by atoms with Gasteiger partial charge in [0.25, 0.3) is 5.91 Å². The first kappa shape index (κ1) is 21.8. The molecule has 0 N–H and O–H groups in total. The molecule has 0 saturated carbocycles. The number of thiazole rings is 1. The Hall–Kier alpha value is -4.04. The van der Waals surface area contributed by atoms with E-state index in [2.05, 4.69) is 4.99 Å². The quantitative estimate of drug-likeness (QED) is 0.211. The number of amides is 1. The van der Waals surface area contributed by atoms with E-state index in [1.54, 1.807) is 31.2 Å². The summed E-state index contributed by atoms with van der Waals surface area (Å²) in [5.74, 6) is -1.08.